The van der Waals surface area contributed by atoms with Gasteiger partial charge >= 0.3 is 0 Å². The molecule has 0 spiro atoms. The molecule has 1 aromatic carbocycles. The Morgan fingerprint density at radius 1 is 1.50 bits per heavy atom. The molecule has 0 unspecified atom stereocenters. The minimum Gasteiger partial charge on any atom is -0.334 e. The van der Waals surface area contributed by atoms with Crippen LogP contribution < -0.4 is 0 Å². The summed E-state index contributed by atoms with van der Waals surface area (Å²) in [5, 5.41) is 0. The lowest BCUT2D eigenvalue weighted by Gasteiger charge is -2.17. The van der Waals surface area contributed by atoms with Crippen molar-refractivity contribution in [3.8, 4) is 0 Å². The van der Waals surface area contributed by atoms with E-state index in [2.05, 4.69) is 20.4 Å². The van der Waals surface area contributed by atoms with Crippen LogP contribution in [0.2, 0.25) is 0 Å². The molecule has 0 aromatic heterocycles. The van der Waals surface area contributed by atoms with E-state index in [4.69, 9.17) is 0 Å². The number of amides is 1. The average Bonchev–Trinajstić information content (AvgIpc) is 2.55. The Balaban J connectivity index is 2.34. The maximum absolute atomic E-state index is 12.1. The quantitative estimate of drug-likeness (QED) is 0.759. The molecule has 0 radical (unpaired) electrons. The van der Waals surface area contributed by atoms with Gasteiger partial charge in [-0.3, -0.25) is 4.79 Å². The Bertz CT molecular complexity index is 434. The van der Waals surface area contributed by atoms with Gasteiger partial charge in [0.15, 0.2) is 0 Å². The van der Waals surface area contributed by atoms with Crippen molar-refractivity contribution in [2.45, 2.75) is 20.4 Å². The minimum absolute atomic E-state index is 0.160. The van der Waals surface area contributed by atoms with E-state index in [0.29, 0.717) is 5.92 Å². The summed E-state index contributed by atoms with van der Waals surface area (Å²) >= 11 is 0. The highest BCUT2D eigenvalue weighted by Crippen LogP contribution is 2.27. The van der Waals surface area contributed by atoms with Gasteiger partial charge in [-0.05, 0) is 23.1 Å². The zero-order valence-electron chi connectivity index (χ0n) is 9.86. The first kappa shape index (κ1) is 10.9. The van der Waals surface area contributed by atoms with Crippen LogP contribution in [0.15, 0.2) is 24.8 Å². The van der Waals surface area contributed by atoms with Crippen LogP contribution in [-0.2, 0) is 6.54 Å². The molecule has 1 heterocycles. The minimum atomic E-state index is 0.160. The lowest BCUT2D eigenvalue weighted by molar-refractivity contribution is 0.0760. The molecule has 0 fully saturated rings. The lowest BCUT2D eigenvalue weighted by Crippen LogP contribution is -2.27. The van der Waals surface area contributed by atoms with Crippen LogP contribution in [-0.4, -0.2) is 17.4 Å². The van der Waals surface area contributed by atoms with Crippen molar-refractivity contribution >= 4 is 12.0 Å². The van der Waals surface area contributed by atoms with Gasteiger partial charge in [0.25, 0.3) is 5.91 Å². The summed E-state index contributed by atoms with van der Waals surface area (Å²) in [5.74, 6) is 0.665. The summed E-state index contributed by atoms with van der Waals surface area (Å²) in [7, 11) is 0. The summed E-state index contributed by atoms with van der Waals surface area (Å²) in [6, 6.07) is 5.84. The predicted octanol–water partition coefficient (Wildman–Crippen LogP) is 2.94. The fourth-order valence-corrected chi connectivity index (χ4v) is 2.19. The highest BCUT2D eigenvalue weighted by atomic mass is 16.2. The molecule has 0 saturated carbocycles. The van der Waals surface area contributed by atoms with Gasteiger partial charge in [-0.2, -0.15) is 0 Å². The van der Waals surface area contributed by atoms with E-state index >= 15 is 0 Å². The van der Waals surface area contributed by atoms with Gasteiger partial charge < -0.3 is 4.90 Å². The van der Waals surface area contributed by atoms with Crippen molar-refractivity contribution in [1.29, 1.82) is 0 Å². The van der Waals surface area contributed by atoms with Crippen LogP contribution in [0.3, 0.4) is 0 Å². The molecule has 0 N–H and O–H groups in total. The van der Waals surface area contributed by atoms with Gasteiger partial charge in [0, 0.05) is 18.7 Å². The maximum Gasteiger partial charge on any atom is 0.254 e. The Morgan fingerprint density at radius 3 is 2.88 bits per heavy atom. The normalized spacial score (nSPS) is 14.4. The van der Waals surface area contributed by atoms with E-state index in [1.54, 1.807) is 0 Å². The van der Waals surface area contributed by atoms with Crippen LogP contribution in [0.1, 0.15) is 35.3 Å². The van der Waals surface area contributed by atoms with Crippen molar-refractivity contribution in [1.82, 2.24) is 4.90 Å². The Labute approximate surface area is 96.6 Å². The number of benzene rings is 1. The number of carbonyl (C=O) groups excluding carboxylic acids is 1. The summed E-state index contributed by atoms with van der Waals surface area (Å²) in [4.78, 5) is 14.0. The average molecular weight is 215 g/mol. The third-order valence-corrected chi connectivity index (χ3v) is 2.88. The first-order valence-electron chi connectivity index (χ1n) is 5.67. The number of carbonyl (C=O) groups is 1. The van der Waals surface area contributed by atoms with Crippen LogP contribution in [0.5, 0.6) is 0 Å². The second-order valence-electron chi connectivity index (χ2n) is 4.66. The Morgan fingerprint density at radius 2 is 2.25 bits per heavy atom. The van der Waals surface area contributed by atoms with Gasteiger partial charge in [-0.15, -0.1) is 0 Å². The molecule has 2 nitrogen and oxygen atoms in total. The number of rotatable bonds is 3. The van der Waals surface area contributed by atoms with Gasteiger partial charge in [0.2, 0.25) is 0 Å². The largest absolute Gasteiger partial charge is 0.334 e. The first-order valence-corrected chi connectivity index (χ1v) is 5.67. The Hall–Kier alpha value is -1.57. The van der Waals surface area contributed by atoms with Gasteiger partial charge in [-0.25, -0.2) is 0 Å². The van der Waals surface area contributed by atoms with Crippen LogP contribution >= 0.6 is 0 Å². The molecule has 2 rings (SSSR count). The molecule has 1 aliphatic heterocycles. The van der Waals surface area contributed by atoms with E-state index in [1.807, 2.05) is 29.2 Å². The van der Waals surface area contributed by atoms with Gasteiger partial charge in [0.05, 0.1) is 0 Å². The van der Waals surface area contributed by atoms with Crippen LogP contribution in [0, 0.1) is 5.92 Å². The second-order valence-corrected chi connectivity index (χ2v) is 4.66. The summed E-state index contributed by atoms with van der Waals surface area (Å²) in [5.41, 5.74) is 3.05. The molecule has 1 aliphatic rings. The molecule has 0 aliphatic carbocycles. The van der Waals surface area contributed by atoms with E-state index in [-0.39, 0.29) is 5.91 Å². The highest BCUT2D eigenvalue weighted by Gasteiger charge is 2.28. The zero-order chi connectivity index (χ0) is 11.7. The zero-order valence-corrected chi connectivity index (χ0v) is 9.86. The summed E-state index contributed by atoms with van der Waals surface area (Å²) in [6.45, 7) is 9.60. The molecule has 0 atom stereocenters. The molecule has 0 bridgehead atoms. The van der Waals surface area contributed by atoms with E-state index in [0.717, 1.165) is 29.8 Å². The standard InChI is InChI=1S/C14H17NO/c1-4-11-6-5-7-12-13(11)9-15(14(12)16)8-10(2)3/h4-7,10H,1,8-9H2,2-3H3. The number of hydrogen-bond acceptors (Lipinski definition) is 1. The molecule has 1 aromatic rings. The summed E-state index contributed by atoms with van der Waals surface area (Å²) in [6.07, 6.45) is 1.82. The van der Waals surface area contributed by atoms with Crippen molar-refractivity contribution in [3.63, 3.8) is 0 Å². The molecule has 1 amide bonds. The third-order valence-electron chi connectivity index (χ3n) is 2.88. The number of fused-ring (bicyclic) bond motifs is 1. The lowest BCUT2D eigenvalue weighted by atomic mass is 10.0. The van der Waals surface area contributed by atoms with Crippen LogP contribution in [0.25, 0.3) is 6.08 Å². The highest BCUT2D eigenvalue weighted by molar-refractivity contribution is 5.99. The third kappa shape index (κ3) is 1.75. The van der Waals surface area contributed by atoms with E-state index in [9.17, 15) is 4.79 Å². The fraction of sp³-hybridized carbons (Fsp3) is 0.357. The van der Waals surface area contributed by atoms with Crippen molar-refractivity contribution in [2.24, 2.45) is 5.92 Å². The summed E-state index contributed by atoms with van der Waals surface area (Å²) < 4.78 is 0. The molecule has 0 saturated heterocycles. The fourth-order valence-electron chi connectivity index (χ4n) is 2.19. The first-order chi connectivity index (χ1) is 7.63. The maximum atomic E-state index is 12.1. The van der Waals surface area contributed by atoms with Gasteiger partial charge in [-0.1, -0.05) is 38.6 Å². The number of hydrogen-bond donors (Lipinski definition) is 0. The van der Waals surface area contributed by atoms with Crippen LogP contribution in [0.4, 0.5) is 0 Å². The SMILES string of the molecule is C=Cc1cccc2c1CN(CC(C)C)C2=O. The molecular weight excluding hydrogens is 198 g/mol. The van der Waals surface area contributed by atoms with Crippen molar-refractivity contribution in [3.05, 3.63) is 41.5 Å². The van der Waals surface area contributed by atoms with E-state index < -0.39 is 0 Å². The Kier molecular flexibility index (Phi) is 2.82. The molecular formula is C14H17NO. The monoisotopic (exact) mass is 215 g/mol. The van der Waals surface area contributed by atoms with Crippen molar-refractivity contribution < 1.29 is 4.79 Å². The smallest absolute Gasteiger partial charge is 0.254 e. The topological polar surface area (TPSA) is 20.3 Å². The second kappa shape index (κ2) is 4.12. The molecule has 2 heteroatoms. The number of nitrogens with zero attached hydrogens (tertiary/aromatic N) is 1. The van der Waals surface area contributed by atoms with E-state index in [1.165, 1.54) is 0 Å². The molecule has 16 heavy (non-hydrogen) atoms. The molecule has 84 valence electrons. The van der Waals surface area contributed by atoms with Crippen molar-refractivity contribution in [2.75, 3.05) is 6.54 Å². The predicted molar refractivity (Wildman–Crippen MR) is 66.1 cm³/mol. The van der Waals surface area contributed by atoms with Gasteiger partial charge in [0.1, 0.15) is 0 Å².